The first-order valence-corrected chi connectivity index (χ1v) is 10.1. The maximum absolute atomic E-state index is 11.6. The van der Waals surface area contributed by atoms with Crippen LogP contribution in [0.15, 0.2) is 17.5 Å². The van der Waals surface area contributed by atoms with Crippen molar-refractivity contribution in [2.75, 3.05) is 39.0 Å². The van der Waals surface area contributed by atoms with Gasteiger partial charge in [0.1, 0.15) is 0 Å². The van der Waals surface area contributed by atoms with Gasteiger partial charge < -0.3 is 4.90 Å². The Labute approximate surface area is 132 Å². The fourth-order valence-electron chi connectivity index (χ4n) is 2.96. The van der Waals surface area contributed by atoms with Gasteiger partial charge in [0.2, 0.25) is 10.0 Å². The molecule has 0 spiro atoms. The number of thiophene rings is 1. The van der Waals surface area contributed by atoms with Crippen LogP contribution in [0.1, 0.15) is 24.8 Å². The molecular weight excluding hydrogens is 306 g/mol. The number of hydrogen-bond acceptors (Lipinski definition) is 5. The summed E-state index contributed by atoms with van der Waals surface area (Å²) >= 11 is 1.70. The summed E-state index contributed by atoms with van der Waals surface area (Å²) in [6.45, 7) is 9.26. The topological polar surface area (TPSA) is 52.6 Å². The zero-order valence-corrected chi connectivity index (χ0v) is 14.6. The number of rotatable bonds is 6. The van der Waals surface area contributed by atoms with Crippen LogP contribution in [0.2, 0.25) is 0 Å². The number of likely N-dealkylation sites (N-methyl/N-ethyl adjacent to an activating group) is 1. The molecule has 1 N–H and O–H groups in total. The van der Waals surface area contributed by atoms with E-state index in [0.717, 1.165) is 32.7 Å². The highest BCUT2D eigenvalue weighted by atomic mass is 32.2. The van der Waals surface area contributed by atoms with Crippen LogP contribution in [-0.4, -0.2) is 63.2 Å². The van der Waals surface area contributed by atoms with E-state index >= 15 is 0 Å². The van der Waals surface area contributed by atoms with Gasteiger partial charge in [-0.05, 0) is 24.9 Å². The average molecular weight is 332 g/mol. The van der Waals surface area contributed by atoms with Gasteiger partial charge in [0, 0.05) is 37.1 Å². The third-order valence-corrected chi connectivity index (χ3v) is 5.70. The standard InChI is InChI=1S/C14H25N3O2S2/c1-4-16-7-9-17(10-8-16)14(13-6-5-11-20-13)12(2)15-21(3,18)19/h5-6,11-12,14-15H,4,7-10H2,1-3H3/t12-,14-/m0/s1. The van der Waals surface area contributed by atoms with Gasteiger partial charge in [-0.25, -0.2) is 13.1 Å². The zero-order chi connectivity index (χ0) is 15.5. The van der Waals surface area contributed by atoms with Crippen LogP contribution in [0.3, 0.4) is 0 Å². The summed E-state index contributed by atoms with van der Waals surface area (Å²) in [5.41, 5.74) is 0. The van der Waals surface area contributed by atoms with Gasteiger partial charge in [0.15, 0.2) is 0 Å². The number of piperazine rings is 1. The van der Waals surface area contributed by atoms with Gasteiger partial charge in [-0.2, -0.15) is 0 Å². The molecule has 5 nitrogen and oxygen atoms in total. The predicted octanol–water partition coefficient (Wildman–Crippen LogP) is 1.36. The van der Waals surface area contributed by atoms with E-state index in [4.69, 9.17) is 0 Å². The summed E-state index contributed by atoms with van der Waals surface area (Å²) < 4.78 is 25.9. The summed E-state index contributed by atoms with van der Waals surface area (Å²) in [5.74, 6) is 0. The minimum absolute atomic E-state index is 0.110. The lowest BCUT2D eigenvalue weighted by molar-refractivity contribution is 0.0888. The highest BCUT2D eigenvalue weighted by molar-refractivity contribution is 7.88. The average Bonchev–Trinajstić information content (AvgIpc) is 2.91. The largest absolute Gasteiger partial charge is 0.301 e. The van der Waals surface area contributed by atoms with Crippen molar-refractivity contribution in [3.8, 4) is 0 Å². The molecule has 2 rings (SSSR count). The fourth-order valence-corrected chi connectivity index (χ4v) is 4.73. The van der Waals surface area contributed by atoms with Crippen LogP contribution in [0, 0.1) is 0 Å². The summed E-state index contributed by atoms with van der Waals surface area (Å²) in [7, 11) is -3.20. The summed E-state index contributed by atoms with van der Waals surface area (Å²) in [5, 5.41) is 2.05. The van der Waals surface area contributed by atoms with E-state index in [-0.39, 0.29) is 12.1 Å². The summed E-state index contributed by atoms with van der Waals surface area (Å²) in [4.78, 5) is 6.06. The molecule has 2 heterocycles. The van der Waals surface area contributed by atoms with E-state index in [1.54, 1.807) is 11.3 Å². The quantitative estimate of drug-likeness (QED) is 0.855. The van der Waals surface area contributed by atoms with Crippen LogP contribution >= 0.6 is 11.3 Å². The molecule has 1 aromatic heterocycles. The first-order chi connectivity index (χ1) is 9.90. The Balaban J connectivity index is 2.14. The zero-order valence-electron chi connectivity index (χ0n) is 12.9. The van der Waals surface area contributed by atoms with E-state index < -0.39 is 10.0 Å². The van der Waals surface area contributed by atoms with E-state index in [2.05, 4.69) is 32.9 Å². The van der Waals surface area contributed by atoms with E-state index in [1.165, 1.54) is 11.1 Å². The Morgan fingerprint density at radius 2 is 2.00 bits per heavy atom. The lowest BCUT2D eigenvalue weighted by atomic mass is 10.1. The van der Waals surface area contributed by atoms with Crippen molar-refractivity contribution in [3.63, 3.8) is 0 Å². The first kappa shape index (κ1) is 16.9. The number of nitrogens with one attached hydrogen (secondary N) is 1. The molecule has 0 amide bonds. The summed E-state index contributed by atoms with van der Waals surface area (Å²) in [6, 6.07) is 4.11. The van der Waals surface area contributed by atoms with Crippen LogP contribution < -0.4 is 4.72 Å². The molecule has 21 heavy (non-hydrogen) atoms. The van der Waals surface area contributed by atoms with Gasteiger partial charge in [-0.1, -0.05) is 13.0 Å². The number of hydrogen-bond donors (Lipinski definition) is 1. The molecule has 0 radical (unpaired) electrons. The molecule has 120 valence electrons. The predicted molar refractivity (Wildman–Crippen MR) is 88.2 cm³/mol. The van der Waals surface area contributed by atoms with Crippen LogP contribution in [0.4, 0.5) is 0 Å². The fraction of sp³-hybridized carbons (Fsp3) is 0.714. The molecule has 1 aliphatic rings. The van der Waals surface area contributed by atoms with Crippen molar-refractivity contribution in [2.24, 2.45) is 0 Å². The molecule has 0 aliphatic carbocycles. The van der Waals surface area contributed by atoms with Gasteiger partial charge >= 0.3 is 0 Å². The maximum atomic E-state index is 11.6. The smallest absolute Gasteiger partial charge is 0.209 e. The normalized spacial score (nSPS) is 21.3. The van der Waals surface area contributed by atoms with Gasteiger partial charge in [-0.3, -0.25) is 4.90 Å². The third kappa shape index (κ3) is 4.75. The minimum Gasteiger partial charge on any atom is -0.301 e. The molecule has 1 aromatic rings. The highest BCUT2D eigenvalue weighted by Crippen LogP contribution is 2.29. The van der Waals surface area contributed by atoms with Crippen LogP contribution in [0.5, 0.6) is 0 Å². The van der Waals surface area contributed by atoms with Crippen molar-refractivity contribution in [2.45, 2.75) is 25.9 Å². The molecule has 1 aliphatic heterocycles. The monoisotopic (exact) mass is 331 g/mol. The molecule has 1 fully saturated rings. The Bertz CT molecular complexity index is 522. The Morgan fingerprint density at radius 3 is 2.48 bits per heavy atom. The second kappa shape index (κ2) is 7.19. The highest BCUT2D eigenvalue weighted by Gasteiger charge is 2.30. The number of nitrogens with zero attached hydrogens (tertiary/aromatic N) is 2. The molecule has 0 saturated carbocycles. The molecule has 7 heteroatoms. The van der Waals surface area contributed by atoms with Crippen molar-refractivity contribution in [1.29, 1.82) is 0 Å². The Hall–Kier alpha value is -0.470. The molecule has 0 unspecified atom stereocenters. The van der Waals surface area contributed by atoms with Crippen LogP contribution in [0.25, 0.3) is 0 Å². The summed E-state index contributed by atoms with van der Waals surface area (Å²) in [6.07, 6.45) is 1.23. The lowest BCUT2D eigenvalue weighted by Gasteiger charge is -2.41. The Kier molecular flexibility index (Phi) is 5.79. The SMILES string of the molecule is CCN1CCN([C@H](c2cccs2)[C@H](C)NS(C)(=O)=O)CC1. The molecule has 2 atom stereocenters. The van der Waals surface area contributed by atoms with Crippen molar-refractivity contribution >= 4 is 21.4 Å². The maximum Gasteiger partial charge on any atom is 0.209 e. The molecule has 0 bridgehead atoms. The van der Waals surface area contributed by atoms with Crippen molar-refractivity contribution in [3.05, 3.63) is 22.4 Å². The second-order valence-corrected chi connectivity index (χ2v) is 8.37. The van der Waals surface area contributed by atoms with Gasteiger partial charge in [-0.15, -0.1) is 11.3 Å². The molecule has 1 saturated heterocycles. The number of sulfonamides is 1. The van der Waals surface area contributed by atoms with Crippen LogP contribution in [-0.2, 0) is 10.0 Å². The Morgan fingerprint density at radius 1 is 1.33 bits per heavy atom. The van der Waals surface area contributed by atoms with Gasteiger partial charge in [0.05, 0.1) is 12.3 Å². The van der Waals surface area contributed by atoms with E-state index in [0.29, 0.717) is 0 Å². The van der Waals surface area contributed by atoms with Crippen molar-refractivity contribution in [1.82, 2.24) is 14.5 Å². The second-order valence-electron chi connectivity index (χ2n) is 5.61. The third-order valence-electron chi connectivity index (χ3n) is 3.96. The van der Waals surface area contributed by atoms with E-state index in [9.17, 15) is 8.42 Å². The molecule has 0 aromatic carbocycles. The lowest BCUT2D eigenvalue weighted by Crippen LogP contribution is -2.52. The minimum atomic E-state index is -3.20. The van der Waals surface area contributed by atoms with Crippen molar-refractivity contribution < 1.29 is 8.42 Å². The first-order valence-electron chi connectivity index (χ1n) is 7.38. The molecular formula is C14H25N3O2S2. The van der Waals surface area contributed by atoms with Gasteiger partial charge in [0.25, 0.3) is 0 Å². The van der Waals surface area contributed by atoms with E-state index in [1.807, 2.05) is 13.0 Å².